The summed E-state index contributed by atoms with van der Waals surface area (Å²) in [6.07, 6.45) is 2.19. The van der Waals surface area contributed by atoms with E-state index in [1.54, 1.807) is 0 Å². The first-order valence-corrected chi connectivity index (χ1v) is 5.51. The van der Waals surface area contributed by atoms with Gasteiger partial charge in [0.15, 0.2) is 0 Å². The average Bonchev–Trinajstić information content (AvgIpc) is 2.25. The Hall–Kier alpha value is -1.03. The van der Waals surface area contributed by atoms with E-state index in [9.17, 15) is 13.2 Å². The van der Waals surface area contributed by atoms with E-state index >= 15 is 0 Å². The zero-order valence-corrected chi connectivity index (χ0v) is 8.90. The Morgan fingerprint density at radius 2 is 1.62 bits per heavy atom. The predicted molar refractivity (Wildman–Crippen MR) is 55.6 cm³/mol. The zero-order chi connectivity index (χ0) is 11.5. The molecule has 1 aromatic carbocycles. The smallest absolute Gasteiger partial charge is 0.132 e. The van der Waals surface area contributed by atoms with Gasteiger partial charge in [0, 0.05) is 17.7 Å². The van der Waals surface area contributed by atoms with Crippen molar-refractivity contribution in [3.05, 3.63) is 35.1 Å². The number of nitrogens with one attached hydrogen (secondary N) is 1. The maximum atomic E-state index is 13.4. The number of piperidine rings is 1. The van der Waals surface area contributed by atoms with Crippen LogP contribution in [-0.2, 0) is 6.42 Å². The molecule has 2 rings (SSSR count). The van der Waals surface area contributed by atoms with Gasteiger partial charge in [0.05, 0.1) is 0 Å². The number of rotatable bonds is 2. The van der Waals surface area contributed by atoms with E-state index in [2.05, 4.69) is 5.32 Å². The van der Waals surface area contributed by atoms with Crippen molar-refractivity contribution in [3.8, 4) is 0 Å². The summed E-state index contributed by atoms with van der Waals surface area (Å²) in [5, 5.41) is 3.19. The van der Waals surface area contributed by atoms with Crippen LogP contribution >= 0.6 is 0 Å². The van der Waals surface area contributed by atoms with Gasteiger partial charge in [-0.3, -0.25) is 0 Å². The Kier molecular flexibility index (Phi) is 3.49. The highest BCUT2D eigenvalue weighted by molar-refractivity contribution is 5.21. The number of halogens is 3. The maximum Gasteiger partial charge on any atom is 0.132 e. The van der Waals surface area contributed by atoms with E-state index < -0.39 is 17.5 Å². The van der Waals surface area contributed by atoms with E-state index in [-0.39, 0.29) is 11.5 Å². The molecule has 0 aliphatic carbocycles. The van der Waals surface area contributed by atoms with Crippen LogP contribution in [0.25, 0.3) is 0 Å². The second-order valence-corrected chi connectivity index (χ2v) is 4.25. The van der Waals surface area contributed by atoms with Gasteiger partial charge in [0.25, 0.3) is 0 Å². The lowest BCUT2D eigenvalue weighted by atomic mass is 9.90. The minimum Gasteiger partial charge on any atom is -0.317 e. The van der Waals surface area contributed by atoms with Crippen molar-refractivity contribution in [1.82, 2.24) is 5.32 Å². The van der Waals surface area contributed by atoms with E-state index in [0.717, 1.165) is 38.1 Å². The van der Waals surface area contributed by atoms with Crippen LogP contribution in [0.3, 0.4) is 0 Å². The highest BCUT2D eigenvalue weighted by atomic mass is 19.1. The van der Waals surface area contributed by atoms with Crippen molar-refractivity contribution >= 4 is 0 Å². The molecular weight excluding hydrogens is 215 g/mol. The molecule has 0 bridgehead atoms. The molecule has 0 atom stereocenters. The van der Waals surface area contributed by atoms with E-state index in [1.807, 2.05) is 0 Å². The van der Waals surface area contributed by atoms with E-state index in [4.69, 9.17) is 0 Å². The summed E-state index contributed by atoms with van der Waals surface area (Å²) in [6, 6.07) is 1.50. The SMILES string of the molecule is Fc1cc(F)c(CC2CCNCC2)c(F)c1. The molecule has 0 unspecified atom stereocenters. The van der Waals surface area contributed by atoms with Crippen LogP contribution in [0.1, 0.15) is 18.4 Å². The van der Waals surface area contributed by atoms with Crippen molar-refractivity contribution in [1.29, 1.82) is 0 Å². The lowest BCUT2D eigenvalue weighted by Crippen LogP contribution is -2.29. The fourth-order valence-electron chi connectivity index (χ4n) is 2.14. The Morgan fingerprint density at radius 3 is 2.19 bits per heavy atom. The second kappa shape index (κ2) is 4.87. The standard InChI is InChI=1S/C12H14F3N/c13-9-6-11(14)10(12(15)7-9)5-8-1-3-16-4-2-8/h6-8,16H,1-5H2. The van der Waals surface area contributed by atoms with Crippen LogP contribution in [0.4, 0.5) is 13.2 Å². The molecule has 1 aliphatic rings. The molecular formula is C12H14F3N. The fraction of sp³-hybridized carbons (Fsp3) is 0.500. The minimum atomic E-state index is -0.857. The molecule has 0 radical (unpaired) electrons. The van der Waals surface area contributed by atoms with Crippen molar-refractivity contribution in [2.45, 2.75) is 19.3 Å². The van der Waals surface area contributed by atoms with Gasteiger partial charge in [-0.25, -0.2) is 13.2 Å². The monoisotopic (exact) mass is 229 g/mol. The van der Waals surface area contributed by atoms with Crippen molar-refractivity contribution in [2.24, 2.45) is 5.92 Å². The summed E-state index contributed by atoms with van der Waals surface area (Å²) in [6.45, 7) is 1.77. The second-order valence-electron chi connectivity index (χ2n) is 4.25. The minimum absolute atomic E-state index is 0.0216. The van der Waals surface area contributed by atoms with Crippen LogP contribution in [0.5, 0.6) is 0 Å². The Morgan fingerprint density at radius 1 is 1.06 bits per heavy atom. The zero-order valence-electron chi connectivity index (χ0n) is 8.90. The van der Waals surface area contributed by atoms with Crippen molar-refractivity contribution < 1.29 is 13.2 Å². The third-order valence-corrected chi connectivity index (χ3v) is 3.06. The molecule has 0 aromatic heterocycles. The molecule has 1 aliphatic heterocycles. The molecule has 1 N–H and O–H groups in total. The van der Waals surface area contributed by atoms with Gasteiger partial charge < -0.3 is 5.32 Å². The Bertz CT molecular complexity index is 350. The Labute approximate surface area is 92.7 Å². The lowest BCUT2D eigenvalue weighted by molar-refractivity contribution is 0.362. The van der Waals surface area contributed by atoms with Crippen molar-refractivity contribution in [3.63, 3.8) is 0 Å². The van der Waals surface area contributed by atoms with E-state index in [0.29, 0.717) is 6.42 Å². The van der Waals surface area contributed by atoms with Crippen LogP contribution in [0, 0.1) is 23.4 Å². The first-order chi connectivity index (χ1) is 7.66. The molecule has 0 spiro atoms. The third-order valence-electron chi connectivity index (χ3n) is 3.06. The van der Waals surface area contributed by atoms with Gasteiger partial charge in [-0.05, 0) is 38.3 Å². The largest absolute Gasteiger partial charge is 0.317 e. The lowest BCUT2D eigenvalue weighted by Gasteiger charge is -2.22. The average molecular weight is 229 g/mol. The third kappa shape index (κ3) is 2.55. The van der Waals surface area contributed by atoms with Gasteiger partial charge in [-0.2, -0.15) is 0 Å². The summed E-state index contributed by atoms with van der Waals surface area (Å²) in [7, 11) is 0. The summed E-state index contributed by atoms with van der Waals surface area (Å²) >= 11 is 0. The molecule has 1 aromatic rings. The summed E-state index contributed by atoms with van der Waals surface area (Å²) < 4.78 is 39.4. The van der Waals surface area contributed by atoms with Crippen LogP contribution in [-0.4, -0.2) is 13.1 Å². The highest BCUT2D eigenvalue weighted by Crippen LogP contribution is 2.22. The molecule has 88 valence electrons. The van der Waals surface area contributed by atoms with Crippen LogP contribution in [0.15, 0.2) is 12.1 Å². The quantitative estimate of drug-likeness (QED) is 0.822. The molecule has 1 heterocycles. The first-order valence-electron chi connectivity index (χ1n) is 5.51. The van der Waals surface area contributed by atoms with E-state index in [1.165, 1.54) is 0 Å². The Balaban J connectivity index is 2.14. The summed E-state index contributed by atoms with van der Waals surface area (Å²) in [5.74, 6) is -2.10. The molecule has 1 saturated heterocycles. The molecule has 0 saturated carbocycles. The highest BCUT2D eigenvalue weighted by Gasteiger charge is 2.18. The molecule has 1 nitrogen and oxygen atoms in total. The number of benzene rings is 1. The van der Waals surface area contributed by atoms with Gasteiger partial charge in [0.1, 0.15) is 17.5 Å². The van der Waals surface area contributed by atoms with Gasteiger partial charge in [-0.1, -0.05) is 0 Å². The van der Waals surface area contributed by atoms with Gasteiger partial charge in [0.2, 0.25) is 0 Å². The molecule has 1 fully saturated rings. The predicted octanol–water partition coefficient (Wildman–Crippen LogP) is 2.65. The maximum absolute atomic E-state index is 13.4. The van der Waals surface area contributed by atoms with Crippen LogP contribution < -0.4 is 5.32 Å². The van der Waals surface area contributed by atoms with Crippen LogP contribution in [0.2, 0.25) is 0 Å². The summed E-state index contributed by atoms with van der Waals surface area (Å²) in [5.41, 5.74) is 0.0216. The number of hydrogen-bond donors (Lipinski definition) is 1. The van der Waals surface area contributed by atoms with Gasteiger partial charge in [-0.15, -0.1) is 0 Å². The number of hydrogen-bond acceptors (Lipinski definition) is 1. The fourth-order valence-corrected chi connectivity index (χ4v) is 2.14. The summed E-state index contributed by atoms with van der Waals surface area (Å²) in [4.78, 5) is 0. The molecule has 0 amide bonds. The topological polar surface area (TPSA) is 12.0 Å². The van der Waals surface area contributed by atoms with Crippen molar-refractivity contribution in [2.75, 3.05) is 13.1 Å². The molecule has 4 heteroatoms. The normalized spacial score (nSPS) is 17.7. The first kappa shape index (κ1) is 11.5. The molecule has 16 heavy (non-hydrogen) atoms. The van der Waals surface area contributed by atoms with Gasteiger partial charge >= 0.3 is 0 Å².